The number of hydrogen-bond acceptors (Lipinski definition) is 4. The lowest BCUT2D eigenvalue weighted by Gasteiger charge is -2.14. The Kier molecular flexibility index (Phi) is 5.78. The molecule has 8 heteroatoms. The number of hydrogen-bond donors (Lipinski definition) is 4. The molecule has 126 valence electrons. The van der Waals surface area contributed by atoms with Crippen LogP contribution in [0.2, 0.25) is 0 Å². The highest BCUT2D eigenvalue weighted by atomic mass is 32.1. The Morgan fingerprint density at radius 2 is 1.17 bits per heavy atom. The van der Waals surface area contributed by atoms with Crippen LogP contribution in [-0.4, -0.2) is 24.4 Å². The first-order chi connectivity index (χ1) is 11.4. The molecule has 0 amide bonds. The van der Waals surface area contributed by atoms with Gasteiger partial charge in [0.05, 0.1) is 25.6 Å². The fraction of sp³-hybridized carbons (Fsp3) is 0.125. The van der Waals surface area contributed by atoms with Gasteiger partial charge in [0.25, 0.3) is 0 Å². The minimum absolute atomic E-state index is 0.177. The number of anilines is 2. The van der Waals surface area contributed by atoms with Crippen LogP contribution < -0.4 is 31.6 Å². The van der Waals surface area contributed by atoms with Crippen LogP contribution in [0.15, 0.2) is 36.4 Å². The molecule has 2 aromatic rings. The Labute approximate surface area is 151 Å². The molecule has 0 bridgehead atoms. The van der Waals surface area contributed by atoms with Crippen LogP contribution in [0.4, 0.5) is 11.4 Å². The molecule has 0 saturated heterocycles. The van der Waals surface area contributed by atoms with Gasteiger partial charge in [0.2, 0.25) is 0 Å². The minimum Gasteiger partial charge on any atom is -0.495 e. The zero-order valence-electron chi connectivity index (χ0n) is 13.3. The molecule has 0 heterocycles. The second-order valence-electron chi connectivity index (χ2n) is 4.81. The normalized spacial score (nSPS) is 9.92. The number of nitrogens with two attached hydrogens (primary N) is 2. The Morgan fingerprint density at radius 1 is 0.792 bits per heavy atom. The van der Waals surface area contributed by atoms with Gasteiger partial charge in [-0.1, -0.05) is 12.1 Å². The van der Waals surface area contributed by atoms with Gasteiger partial charge in [-0.15, -0.1) is 0 Å². The SMILES string of the molecule is COc1cc(-c2ccc(NC(N)=S)c(OC)c2)ccc1NC(N)=S. The number of rotatable bonds is 5. The smallest absolute Gasteiger partial charge is 0.168 e. The van der Waals surface area contributed by atoms with Gasteiger partial charge in [-0.2, -0.15) is 0 Å². The molecule has 6 nitrogen and oxygen atoms in total. The number of thiocarbonyl (C=S) groups is 2. The van der Waals surface area contributed by atoms with Crippen molar-refractivity contribution >= 4 is 46.0 Å². The predicted molar refractivity (Wildman–Crippen MR) is 106 cm³/mol. The number of benzene rings is 2. The Balaban J connectivity index is 2.40. The van der Waals surface area contributed by atoms with Gasteiger partial charge in [-0.25, -0.2) is 0 Å². The van der Waals surface area contributed by atoms with Crippen LogP contribution in [0, 0.1) is 0 Å². The van der Waals surface area contributed by atoms with Gasteiger partial charge in [0.15, 0.2) is 10.2 Å². The maximum Gasteiger partial charge on any atom is 0.168 e. The molecule has 0 unspecified atom stereocenters. The van der Waals surface area contributed by atoms with Crippen LogP contribution in [0.3, 0.4) is 0 Å². The monoisotopic (exact) mass is 362 g/mol. The lowest BCUT2D eigenvalue weighted by Crippen LogP contribution is -2.19. The topological polar surface area (TPSA) is 94.6 Å². The van der Waals surface area contributed by atoms with Crippen molar-refractivity contribution in [2.75, 3.05) is 24.9 Å². The first-order valence-corrected chi connectivity index (χ1v) is 7.75. The average molecular weight is 362 g/mol. The molecule has 0 fully saturated rings. The number of ether oxygens (including phenoxy) is 2. The van der Waals surface area contributed by atoms with E-state index in [0.29, 0.717) is 22.9 Å². The molecular formula is C16H18N4O2S2. The summed E-state index contributed by atoms with van der Waals surface area (Å²) < 4.78 is 10.8. The summed E-state index contributed by atoms with van der Waals surface area (Å²) >= 11 is 9.72. The predicted octanol–water partition coefficient (Wildman–Crippen LogP) is 2.68. The molecule has 2 aromatic carbocycles. The van der Waals surface area contributed by atoms with Crippen molar-refractivity contribution in [1.82, 2.24) is 0 Å². The van der Waals surface area contributed by atoms with Gasteiger partial charge >= 0.3 is 0 Å². The summed E-state index contributed by atoms with van der Waals surface area (Å²) in [5.74, 6) is 1.26. The number of methoxy groups -OCH3 is 2. The Bertz CT molecular complexity index is 715. The van der Waals surface area contributed by atoms with Crippen LogP contribution in [0.1, 0.15) is 0 Å². The highest BCUT2D eigenvalue weighted by molar-refractivity contribution is 7.80. The second-order valence-corrected chi connectivity index (χ2v) is 5.69. The Hall–Kier alpha value is -2.58. The summed E-state index contributed by atoms with van der Waals surface area (Å²) in [5.41, 5.74) is 14.3. The van der Waals surface area contributed by atoms with Crippen LogP contribution >= 0.6 is 24.4 Å². The molecular weight excluding hydrogens is 344 g/mol. The lowest BCUT2D eigenvalue weighted by molar-refractivity contribution is 0.416. The van der Waals surface area contributed by atoms with Gasteiger partial charge in [0, 0.05) is 0 Å². The third-order valence-electron chi connectivity index (χ3n) is 3.25. The molecule has 24 heavy (non-hydrogen) atoms. The molecule has 0 aliphatic heterocycles. The standard InChI is InChI=1S/C16H18N4O2S2/c1-21-13-7-9(3-5-11(13)19-15(17)23)10-4-6-12(20-16(18)24)14(8-10)22-2/h3-8H,1-2H3,(H3,17,19,23)(H3,18,20,24). The lowest BCUT2D eigenvalue weighted by atomic mass is 10.0. The van der Waals surface area contributed by atoms with Crippen LogP contribution in [0.5, 0.6) is 11.5 Å². The van der Waals surface area contributed by atoms with E-state index in [4.69, 9.17) is 45.4 Å². The first kappa shape index (κ1) is 17.8. The third kappa shape index (κ3) is 4.24. The van der Waals surface area contributed by atoms with Gasteiger partial charge < -0.3 is 31.6 Å². The van der Waals surface area contributed by atoms with Crippen molar-refractivity contribution in [1.29, 1.82) is 0 Å². The van der Waals surface area contributed by atoms with E-state index in [1.807, 2.05) is 36.4 Å². The maximum absolute atomic E-state index is 5.51. The largest absolute Gasteiger partial charge is 0.495 e. The minimum atomic E-state index is 0.177. The second kappa shape index (κ2) is 7.80. The average Bonchev–Trinajstić information content (AvgIpc) is 2.54. The summed E-state index contributed by atoms with van der Waals surface area (Å²) in [5, 5.41) is 6.11. The molecule has 0 aliphatic carbocycles. The summed E-state index contributed by atoms with van der Waals surface area (Å²) in [6, 6.07) is 11.3. The fourth-order valence-corrected chi connectivity index (χ4v) is 2.43. The van der Waals surface area contributed by atoms with Crippen LogP contribution in [-0.2, 0) is 0 Å². The van der Waals surface area contributed by atoms with Crippen molar-refractivity contribution in [3.8, 4) is 22.6 Å². The van der Waals surface area contributed by atoms with Crippen molar-refractivity contribution < 1.29 is 9.47 Å². The summed E-state index contributed by atoms with van der Waals surface area (Å²) in [6.45, 7) is 0. The zero-order chi connectivity index (χ0) is 17.7. The number of nitrogens with one attached hydrogen (secondary N) is 2. The Morgan fingerprint density at radius 3 is 1.46 bits per heavy atom. The highest BCUT2D eigenvalue weighted by Gasteiger charge is 2.10. The molecule has 0 saturated carbocycles. The highest BCUT2D eigenvalue weighted by Crippen LogP contribution is 2.34. The summed E-state index contributed by atoms with van der Waals surface area (Å²) in [7, 11) is 3.17. The van der Waals surface area contributed by atoms with E-state index in [1.54, 1.807) is 14.2 Å². The van der Waals surface area contributed by atoms with E-state index in [-0.39, 0.29) is 10.2 Å². The van der Waals surface area contributed by atoms with Crippen LogP contribution in [0.25, 0.3) is 11.1 Å². The van der Waals surface area contributed by atoms with Crippen molar-refractivity contribution in [3.63, 3.8) is 0 Å². The molecule has 0 atom stereocenters. The quantitative estimate of drug-likeness (QED) is 0.603. The van der Waals surface area contributed by atoms with E-state index in [0.717, 1.165) is 11.1 Å². The van der Waals surface area contributed by atoms with Gasteiger partial charge in [-0.3, -0.25) is 0 Å². The van der Waals surface area contributed by atoms with E-state index in [9.17, 15) is 0 Å². The van der Waals surface area contributed by atoms with Gasteiger partial charge in [-0.05, 0) is 59.8 Å². The van der Waals surface area contributed by atoms with Crippen molar-refractivity contribution in [2.24, 2.45) is 11.5 Å². The van der Waals surface area contributed by atoms with E-state index >= 15 is 0 Å². The summed E-state index contributed by atoms with van der Waals surface area (Å²) in [4.78, 5) is 0. The van der Waals surface area contributed by atoms with E-state index < -0.39 is 0 Å². The van der Waals surface area contributed by atoms with E-state index in [2.05, 4.69) is 10.6 Å². The third-order valence-corrected chi connectivity index (χ3v) is 3.46. The molecule has 0 spiro atoms. The van der Waals surface area contributed by atoms with Crippen molar-refractivity contribution in [3.05, 3.63) is 36.4 Å². The summed E-state index contributed by atoms with van der Waals surface area (Å²) in [6.07, 6.45) is 0. The fourth-order valence-electron chi connectivity index (χ4n) is 2.21. The van der Waals surface area contributed by atoms with Crippen molar-refractivity contribution in [2.45, 2.75) is 0 Å². The zero-order valence-corrected chi connectivity index (χ0v) is 14.9. The molecule has 6 N–H and O–H groups in total. The molecule has 0 aromatic heterocycles. The van der Waals surface area contributed by atoms with Gasteiger partial charge in [0.1, 0.15) is 11.5 Å². The molecule has 0 aliphatic rings. The molecule has 0 radical (unpaired) electrons. The first-order valence-electron chi connectivity index (χ1n) is 6.94. The maximum atomic E-state index is 5.51. The van der Waals surface area contributed by atoms with E-state index in [1.165, 1.54) is 0 Å². The molecule has 2 rings (SSSR count).